The molecule has 0 unspecified atom stereocenters. The van der Waals surface area contributed by atoms with Gasteiger partial charge < -0.3 is 25.3 Å². The molecule has 1 saturated carbocycles. The highest BCUT2D eigenvalue weighted by Crippen LogP contribution is 2.33. The number of hydrogen-bond donors (Lipinski definition) is 2. The van der Waals surface area contributed by atoms with Crippen LogP contribution < -0.4 is 25.3 Å². The highest BCUT2D eigenvalue weighted by atomic mass is 35.5. The first-order valence-electron chi connectivity index (χ1n) is 11.2. The van der Waals surface area contributed by atoms with Crippen molar-refractivity contribution in [1.29, 1.82) is 0 Å². The number of nitrogens with zero attached hydrogens (tertiary/aromatic N) is 1. The van der Waals surface area contributed by atoms with Gasteiger partial charge in [0.05, 0.1) is 25.8 Å². The molecule has 0 atom stereocenters. The van der Waals surface area contributed by atoms with Crippen LogP contribution in [0, 0.1) is 5.82 Å². The summed E-state index contributed by atoms with van der Waals surface area (Å²) in [5, 5.41) is 2.52. The number of carbonyl (C=O) groups is 2. The van der Waals surface area contributed by atoms with E-state index >= 15 is 0 Å². The third kappa shape index (κ3) is 5.58. The van der Waals surface area contributed by atoms with Gasteiger partial charge >= 0.3 is 0 Å². The molecule has 3 N–H and O–H groups in total. The number of halogens is 2. The Balaban J connectivity index is 1.44. The van der Waals surface area contributed by atoms with Crippen LogP contribution in [0.5, 0.6) is 17.2 Å². The highest BCUT2D eigenvalue weighted by molar-refractivity contribution is 6.31. The molecule has 1 aliphatic carbocycles. The fourth-order valence-electron chi connectivity index (χ4n) is 3.76. The number of pyridine rings is 1. The molecule has 10 heteroatoms. The van der Waals surface area contributed by atoms with E-state index < -0.39 is 17.5 Å². The van der Waals surface area contributed by atoms with E-state index in [4.69, 9.17) is 31.5 Å². The fraction of sp³-hybridized carbons (Fsp3) is 0.269. The number of Topliss-reactive ketones (excluding diaryl/α,β-unsaturated/α-hetero) is 1. The van der Waals surface area contributed by atoms with E-state index in [0.717, 1.165) is 12.8 Å². The van der Waals surface area contributed by atoms with Crippen LogP contribution in [0.3, 0.4) is 0 Å². The lowest BCUT2D eigenvalue weighted by atomic mass is 9.90. The maximum absolute atomic E-state index is 13.6. The summed E-state index contributed by atoms with van der Waals surface area (Å²) in [5.74, 6) is -0.132. The second-order valence-electron chi connectivity index (χ2n) is 8.32. The third-order valence-corrected chi connectivity index (χ3v) is 6.11. The minimum absolute atomic E-state index is 0.0269. The number of aromatic nitrogens is 1. The van der Waals surface area contributed by atoms with Crippen LogP contribution in [0.25, 0.3) is 11.3 Å². The van der Waals surface area contributed by atoms with Gasteiger partial charge in [-0.2, -0.15) is 0 Å². The summed E-state index contributed by atoms with van der Waals surface area (Å²) >= 11 is 5.90. The Hall–Kier alpha value is -3.69. The number of hydrogen-bond acceptors (Lipinski definition) is 7. The number of benzene rings is 2. The number of amides is 1. The van der Waals surface area contributed by atoms with E-state index in [1.165, 1.54) is 38.5 Å². The van der Waals surface area contributed by atoms with Crippen molar-refractivity contribution < 1.29 is 28.2 Å². The van der Waals surface area contributed by atoms with Gasteiger partial charge in [-0.3, -0.25) is 9.59 Å². The van der Waals surface area contributed by atoms with Crippen LogP contribution in [0.15, 0.2) is 48.5 Å². The van der Waals surface area contributed by atoms with Crippen molar-refractivity contribution in [3.05, 3.63) is 70.6 Å². The molecular formula is C26H25ClFN3O5. The van der Waals surface area contributed by atoms with Gasteiger partial charge in [-0.1, -0.05) is 11.6 Å². The topological polar surface area (TPSA) is 113 Å². The Morgan fingerprint density at radius 2 is 1.78 bits per heavy atom. The normalized spacial score (nSPS) is 16.6. The van der Waals surface area contributed by atoms with Crippen molar-refractivity contribution in [1.82, 2.24) is 10.3 Å². The summed E-state index contributed by atoms with van der Waals surface area (Å²) in [4.78, 5) is 29.8. The molecule has 0 aliphatic heterocycles. The van der Waals surface area contributed by atoms with Crippen molar-refractivity contribution in [3.63, 3.8) is 0 Å². The number of rotatable bonds is 9. The minimum Gasteiger partial charge on any atom is -0.494 e. The summed E-state index contributed by atoms with van der Waals surface area (Å²) in [6.45, 7) is -0.289. The molecule has 1 heterocycles. The molecule has 1 aromatic heterocycles. The van der Waals surface area contributed by atoms with Gasteiger partial charge in [-0.05, 0) is 61.4 Å². The number of ether oxygens (including phenoxy) is 3. The lowest BCUT2D eigenvalue weighted by Gasteiger charge is -2.33. The molecule has 0 bridgehead atoms. The number of methoxy groups -OCH3 is 2. The number of carbonyl (C=O) groups excluding carboxylic acids is 2. The molecule has 1 fully saturated rings. The van der Waals surface area contributed by atoms with E-state index in [2.05, 4.69) is 10.3 Å². The van der Waals surface area contributed by atoms with E-state index in [0.29, 0.717) is 34.1 Å². The monoisotopic (exact) mass is 513 g/mol. The standard InChI is InChI=1S/C26H25ClFN3O5/c1-34-23-8-6-20(31-25(23)14-3-5-19(28)18(27)9-14)21(32)13-30-26(33)15-4-7-22(24(10-15)35-2)36-17-11-16(29)12-17/h3-10,16-17H,11-13,29H2,1-2H3,(H,30,33). The second kappa shape index (κ2) is 10.9. The first-order chi connectivity index (χ1) is 17.3. The molecule has 0 spiro atoms. The van der Waals surface area contributed by atoms with Crippen molar-refractivity contribution in [2.75, 3.05) is 20.8 Å². The predicted octanol–water partition coefficient (Wildman–Crippen LogP) is 4.04. The average Bonchev–Trinajstić information content (AvgIpc) is 2.87. The quantitative estimate of drug-likeness (QED) is 0.415. The Bertz CT molecular complexity index is 1300. The molecule has 2 aromatic carbocycles. The second-order valence-corrected chi connectivity index (χ2v) is 8.73. The van der Waals surface area contributed by atoms with Crippen molar-refractivity contribution in [2.24, 2.45) is 5.73 Å². The zero-order valence-corrected chi connectivity index (χ0v) is 20.5. The van der Waals surface area contributed by atoms with Crippen LogP contribution in [0.4, 0.5) is 4.39 Å². The molecule has 188 valence electrons. The first-order valence-corrected chi connectivity index (χ1v) is 11.6. The van der Waals surface area contributed by atoms with Gasteiger partial charge in [0.1, 0.15) is 29.1 Å². The Morgan fingerprint density at radius 3 is 2.44 bits per heavy atom. The van der Waals surface area contributed by atoms with Gasteiger partial charge in [-0.25, -0.2) is 9.37 Å². The maximum atomic E-state index is 13.6. The van der Waals surface area contributed by atoms with Crippen LogP contribution >= 0.6 is 11.6 Å². The molecule has 36 heavy (non-hydrogen) atoms. The van der Waals surface area contributed by atoms with Gasteiger partial charge in [-0.15, -0.1) is 0 Å². The van der Waals surface area contributed by atoms with Crippen LogP contribution in [-0.2, 0) is 0 Å². The minimum atomic E-state index is -0.571. The van der Waals surface area contributed by atoms with E-state index in [9.17, 15) is 14.0 Å². The SMILES string of the molecule is COc1cc(C(=O)NCC(=O)c2ccc(OC)c(-c3ccc(F)c(Cl)c3)n2)ccc1OC1CC(N)C1. The zero-order chi connectivity index (χ0) is 25.8. The smallest absolute Gasteiger partial charge is 0.251 e. The Labute approximate surface area is 212 Å². The Kier molecular flexibility index (Phi) is 7.71. The lowest BCUT2D eigenvalue weighted by molar-refractivity contribution is 0.0900. The zero-order valence-electron chi connectivity index (χ0n) is 19.7. The summed E-state index contributed by atoms with van der Waals surface area (Å²) in [6, 6.07) is 12.1. The maximum Gasteiger partial charge on any atom is 0.251 e. The van der Waals surface area contributed by atoms with Gasteiger partial charge in [0, 0.05) is 17.2 Å². The van der Waals surface area contributed by atoms with E-state index in [1.54, 1.807) is 24.3 Å². The fourth-order valence-corrected chi connectivity index (χ4v) is 3.94. The number of ketones is 1. The molecule has 0 radical (unpaired) electrons. The van der Waals surface area contributed by atoms with E-state index in [-0.39, 0.29) is 29.4 Å². The summed E-state index contributed by atoms with van der Waals surface area (Å²) in [7, 11) is 2.94. The van der Waals surface area contributed by atoms with Crippen molar-refractivity contribution in [2.45, 2.75) is 25.0 Å². The highest BCUT2D eigenvalue weighted by Gasteiger charge is 2.28. The molecular weight excluding hydrogens is 489 g/mol. The molecule has 4 rings (SSSR count). The molecule has 3 aromatic rings. The molecule has 1 amide bonds. The van der Waals surface area contributed by atoms with Crippen LogP contribution in [-0.4, -0.2) is 49.6 Å². The van der Waals surface area contributed by atoms with Crippen molar-refractivity contribution >= 4 is 23.3 Å². The summed E-state index contributed by atoms with van der Waals surface area (Å²) < 4.78 is 30.1. The largest absolute Gasteiger partial charge is 0.494 e. The van der Waals surface area contributed by atoms with Gasteiger partial charge in [0.15, 0.2) is 17.3 Å². The van der Waals surface area contributed by atoms with Crippen molar-refractivity contribution in [3.8, 4) is 28.5 Å². The molecule has 1 aliphatic rings. The summed E-state index contributed by atoms with van der Waals surface area (Å²) in [5.41, 5.74) is 7.01. The predicted molar refractivity (Wildman–Crippen MR) is 132 cm³/mol. The average molecular weight is 514 g/mol. The number of nitrogens with one attached hydrogen (secondary N) is 1. The Morgan fingerprint density at radius 1 is 1.06 bits per heavy atom. The third-order valence-electron chi connectivity index (χ3n) is 5.82. The van der Waals surface area contributed by atoms with Crippen LogP contribution in [0.2, 0.25) is 5.02 Å². The molecule has 8 nitrogen and oxygen atoms in total. The molecule has 0 saturated heterocycles. The van der Waals surface area contributed by atoms with Gasteiger partial charge in [0.2, 0.25) is 0 Å². The van der Waals surface area contributed by atoms with Gasteiger partial charge in [0.25, 0.3) is 5.91 Å². The van der Waals surface area contributed by atoms with Crippen LogP contribution in [0.1, 0.15) is 33.7 Å². The first kappa shape index (κ1) is 25.4. The summed E-state index contributed by atoms with van der Waals surface area (Å²) in [6.07, 6.45) is 1.56. The lowest BCUT2D eigenvalue weighted by Crippen LogP contribution is -2.43. The number of nitrogens with two attached hydrogens (primary N) is 1. The van der Waals surface area contributed by atoms with E-state index in [1.807, 2.05) is 0 Å².